The minimum Gasteiger partial charge on any atom is -0.396 e. The van der Waals surface area contributed by atoms with Crippen LogP contribution in [0, 0.1) is 11.8 Å². The second-order valence-corrected chi connectivity index (χ2v) is 4.33. The molecule has 0 bridgehead atoms. The lowest BCUT2D eigenvalue weighted by Gasteiger charge is -2.24. The Labute approximate surface area is 89.3 Å². The van der Waals surface area contributed by atoms with Crippen LogP contribution in [-0.4, -0.2) is 36.2 Å². The van der Waals surface area contributed by atoms with Crippen molar-refractivity contribution in [3.8, 4) is 0 Å². The van der Waals surface area contributed by atoms with Crippen molar-refractivity contribution in [3.05, 3.63) is 0 Å². The zero-order chi connectivity index (χ0) is 11.0. The minimum absolute atomic E-state index is 0.334. The van der Waals surface area contributed by atoms with E-state index < -0.39 is 0 Å². The van der Waals surface area contributed by atoms with Crippen LogP contribution >= 0.6 is 0 Å². The Morgan fingerprint density at radius 3 is 2.00 bits per heavy atom. The van der Waals surface area contributed by atoms with Gasteiger partial charge >= 0.3 is 0 Å². The number of aliphatic hydroxyl groups excluding tert-OH is 1. The predicted octanol–water partition coefficient (Wildman–Crippen LogP) is 2.37. The van der Waals surface area contributed by atoms with Gasteiger partial charge in [0.15, 0.2) is 0 Å². The maximum atomic E-state index is 8.95. The first-order valence-corrected chi connectivity index (χ1v) is 5.98. The molecule has 0 spiro atoms. The largest absolute Gasteiger partial charge is 0.396 e. The quantitative estimate of drug-likeness (QED) is 0.652. The van der Waals surface area contributed by atoms with Crippen LogP contribution in [-0.2, 0) is 0 Å². The molecule has 0 aromatic rings. The van der Waals surface area contributed by atoms with Gasteiger partial charge in [0.2, 0.25) is 0 Å². The summed E-state index contributed by atoms with van der Waals surface area (Å²) in [4.78, 5) is 2.45. The molecule has 0 aromatic carbocycles. The van der Waals surface area contributed by atoms with E-state index in [1.54, 1.807) is 0 Å². The van der Waals surface area contributed by atoms with E-state index in [2.05, 4.69) is 32.6 Å². The Kier molecular flexibility index (Phi) is 8.20. The van der Waals surface area contributed by atoms with Crippen LogP contribution < -0.4 is 0 Å². The maximum absolute atomic E-state index is 8.95. The highest BCUT2D eigenvalue weighted by Crippen LogP contribution is 2.19. The first kappa shape index (κ1) is 13.9. The van der Waals surface area contributed by atoms with Crippen molar-refractivity contribution in [3.63, 3.8) is 0 Å². The lowest BCUT2D eigenvalue weighted by atomic mass is 9.89. The van der Waals surface area contributed by atoms with Crippen molar-refractivity contribution in [1.82, 2.24) is 4.90 Å². The third-order valence-electron chi connectivity index (χ3n) is 3.15. The molecule has 2 heteroatoms. The van der Waals surface area contributed by atoms with Gasteiger partial charge in [0, 0.05) is 6.61 Å². The molecule has 0 fully saturated rings. The van der Waals surface area contributed by atoms with Crippen molar-refractivity contribution in [1.29, 1.82) is 0 Å². The fourth-order valence-corrected chi connectivity index (χ4v) is 1.87. The first-order chi connectivity index (χ1) is 6.65. The monoisotopic (exact) mass is 201 g/mol. The lowest BCUT2D eigenvalue weighted by Crippen LogP contribution is -2.27. The molecule has 0 radical (unpaired) electrons. The molecule has 0 aliphatic carbocycles. The molecule has 14 heavy (non-hydrogen) atoms. The molecular formula is C12H27NO. The number of nitrogens with zero attached hydrogens (tertiary/aromatic N) is 1. The topological polar surface area (TPSA) is 23.5 Å². The van der Waals surface area contributed by atoms with Gasteiger partial charge in [-0.3, -0.25) is 0 Å². The molecule has 0 amide bonds. The molecule has 1 unspecified atom stereocenters. The van der Waals surface area contributed by atoms with E-state index in [-0.39, 0.29) is 0 Å². The third-order valence-corrected chi connectivity index (χ3v) is 3.15. The van der Waals surface area contributed by atoms with Gasteiger partial charge in [-0.25, -0.2) is 0 Å². The van der Waals surface area contributed by atoms with Crippen molar-refractivity contribution in [2.75, 3.05) is 26.2 Å². The van der Waals surface area contributed by atoms with E-state index in [1.165, 1.54) is 13.0 Å². The highest BCUT2D eigenvalue weighted by molar-refractivity contribution is 4.65. The van der Waals surface area contributed by atoms with Crippen molar-refractivity contribution >= 4 is 0 Å². The summed E-state index contributed by atoms with van der Waals surface area (Å²) in [6.07, 6.45) is 2.18. The summed E-state index contributed by atoms with van der Waals surface area (Å²) in [5, 5.41) is 8.95. The van der Waals surface area contributed by atoms with Crippen LogP contribution in [0.5, 0.6) is 0 Å². The summed E-state index contributed by atoms with van der Waals surface area (Å²) in [6.45, 7) is 12.7. The fourth-order valence-electron chi connectivity index (χ4n) is 1.87. The number of rotatable bonds is 8. The highest BCUT2D eigenvalue weighted by Gasteiger charge is 2.13. The van der Waals surface area contributed by atoms with Crippen LogP contribution in [0.25, 0.3) is 0 Å². The Morgan fingerprint density at radius 2 is 1.64 bits per heavy atom. The van der Waals surface area contributed by atoms with Gasteiger partial charge in [-0.1, -0.05) is 27.7 Å². The molecule has 86 valence electrons. The normalized spacial score (nSPS) is 13.9. The molecular weight excluding hydrogens is 174 g/mol. The van der Waals surface area contributed by atoms with E-state index >= 15 is 0 Å². The van der Waals surface area contributed by atoms with E-state index in [0.29, 0.717) is 18.4 Å². The lowest BCUT2D eigenvalue weighted by molar-refractivity contribution is 0.199. The van der Waals surface area contributed by atoms with Crippen molar-refractivity contribution in [2.24, 2.45) is 11.8 Å². The summed E-state index contributed by atoms with van der Waals surface area (Å²) < 4.78 is 0. The Balaban J connectivity index is 3.79. The second-order valence-electron chi connectivity index (χ2n) is 4.33. The van der Waals surface area contributed by atoms with Gasteiger partial charge in [-0.05, 0) is 44.3 Å². The molecule has 0 heterocycles. The van der Waals surface area contributed by atoms with Gasteiger partial charge in [0.05, 0.1) is 0 Å². The molecule has 0 aliphatic heterocycles. The van der Waals surface area contributed by atoms with Gasteiger partial charge < -0.3 is 10.0 Å². The first-order valence-electron chi connectivity index (χ1n) is 5.98. The Morgan fingerprint density at radius 1 is 1.07 bits per heavy atom. The summed E-state index contributed by atoms with van der Waals surface area (Å²) in [5.74, 6) is 1.37. The number of hydrogen-bond acceptors (Lipinski definition) is 2. The maximum Gasteiger partial charge on any atom is 0.0433 e. The Hall–Kier alpha value is -0.0800. The number of aliphatic hydroxyl groups is 1. The van der Waals surface area contributed by atoms with Gasteiger partial charge in [-0.15, -0.1) is 0 Å². The number of hydrogen-bond donors (Lipinski definition) is 1. The Bertz CT molecular complexity index is 121. The summed E-state index contributed by atoms with van der Waals surface area (Å²) in [5.41, 5.74) is 0. The molecule has 0 aromatic heterocycles. The van der Waals surface area contributed by atoms with E-state index in [1.807, 2.05) is 0 Å². The van der Waals surface area contributed by atoms with Crippen molar-refractivity contribution < 1.29 is 5.11 Å². The zero-order valence-electron chi connectivity index (χ0n) is 10.3. The molecule has 1 N–H and O–H groups in total. The van der Waals surface area contributed by atoms with Crippen LogP contribution in [0.3, 0.4) is 0 Å². The average Bonchev–Trinajstić information content (AvgIpc) is 2.17. The highest BCUT2D eigenvalue weighted by atomic mass is 16.3. The van der Waals surface area contributed by atoms with E-state index in [4.69, 9.17) is 5.11 Å². The van der Waals surface area contributed by atoms with Gasteiger partial charge in [0.25, 0.3) is 0 Å². The zero-order valence-corrected chi connectivity index (χ0v) is 10.3. The van der Waals surface area contributed by atoms with Gasteiger partial charge in [0.1, 0.15) is 0 Å². The van der Waals surface area contributed by atoms with Crippen LogP contribution in [0.1, 0.15) is 40.5 Å². The van der Waals surface area contributed by atoms with Crippen LogP contribution in [0.15, 0.2) is 0 Å². The smallest absolute Gasteiger partial charge is 0.0433 e. The predicted molar refractivity (Wildman–Crippen MR) is 62.4 cm³/mol. The fraction of sp³-hybridized carbons (Fsp3) is 1.00. The summed E-state index contributed by atoms with van der Waals surface area (Å²) >= 11 is 0. The molecule has 0 rings (SSSR count). The summed E-state index contributed by atoms with van der Waals surface area (Å²) in [6, 6.07) is 0. The second kappa shape index (κ2) is 8.25. The SMILES string of the molecule is CCN(CC)CCC(CCO)C(C)C. The molecule has 1 atom stereocenters. The van der Waals surface area contributed by atoms with Gasteiger partial charge in [-0.2, -0.15) is 0 Å². The van der Waals surface area contributed by atoms with Crippen LogP contribution in [0.4, 0.5) is 0 Å². The van der Waals surface area contributed by atoms with E-state index in [0.717, 1.165) is 19.5 Å². The van der Waals surface area contributed by atoms with E-state index in [9.17, 15) is 0 Å². The van der Waals surface area contributed by atoms with Crippen LogP contribution in [0.2, 0.25) is 0 Å². The molecule has 0 aliphatic rings. The molecule has 2 nitrogen and oxygen atoms in total. The minimum atomic E-state index is 0.334. The molecule has 0 saturated carbocycles. The molecule has 0 saturated heterocycles. The third kappa shape index (κ3) is 5.61. The standard InChI is InChI=1S/C12H27NO/c1-5-13(6-2)9-7-12(8-10-14)11(3)4/h11-12,14H,5-10H2,1-4H3. The van der Waals surface area contributed by atoms with Crippen molar-refractivity contribution in [2.45, 2.75) is 40.5 Å². The average molecular weight is 201 g/mol. The summed E-state index contributed by atoms with van der Waals surface area (Å²) in [7, 11) is 0.